The summed E-state index contributed by atoms with van der Waals surface area (Å²) >= 11 is 0. The van der Waals surface area contributed by atoms with Crippen LogP contribution in [0.3, 0.4) is 0 Å². The summed E-state index contributed by atoms with van der Waals surface area (Å²) in [6.07, 6.45) is -9.43. The van der Waals surface area contributed by atoms with Crippen LogP contribution in [0.2, 0.25) is 19.1 Å². The van der Waals surface area contributed by atoms with Crippen LogP contribution in [0.5, 0.6) is 0 Å². The van der Waals surface area contributed by atoms with Crippen LogP contribution >= 0.6 is 0 Å². The van der Waals surface area contributed by atoms with Crippen LogP contribution < -0.4 is 0 Å². The molecule has 0 rings (SSSR count). The first kappa shape index (κ1) is 23.3. The highest BCUT2D eigenvalue weighted by Crippen LogP contribution is 2.60. The standard InChI is InChI=1S/C10H11F13Si/c1-24(2)4-3-5(11,12)6(13,14)7(15,16)8(17,18)9(19,20)10(21,22)23/h24H,3-4H2,1-2H3. The molecule has 0 spiro atoms. The summed E-state index contributed by atoms with van der Waals surface area (Å²) in [7, 11) is -2.07. The minimum absolute atomic E-state index is 0.764. The first-order valence-corrected chi connectivity index (χ1v) is 9.25. The molecule has 0 bridgehead atoms. The summed E-state index contributed by atoms with van der Waals surface area (Å²) in [5.41, 5.74) is 0. The van der Waals surface area contributed by atoms with Crippen molar-refractivity contribution >= 4 is 8.80 Å². The number of halogens is 13. The molecule has 146 valence electrons. The van der Waals surface area contributed by atoms with E-state index in [-0.39, 0.29) is 0 Å². The third-order valence-corrected chi connectivity index (χ3v) is 4.48. The van der Waals surface area contributed by atoms with Gasteiger partial charge >= 0.3 is 35.8 Å². The van der Waals surface area contributed by atoms with Gasteiger partial charge < -0.3 is 0 Å². The van der Waals surface area contributed by atoms with Crippen molar-refractivity contribution in [3.05, 3.63) is 0 Å². The van der Waals surface area contributed by atoms with Crippen LogP contribution in [0.1, 0.15) is 6.42 Å². The molecule has 0 N–H and O–H groups in total. The molecule has 0 amide bonds. The number of hydrogen-bond acceptors (Lipinski definition) is 0. The van der Waals surface area contributed by atoms with Gasteiger partial charge in [-0.05, 0) is 0 Å². The van der Waals surface area contributed by atoms with E-state index in [1.54, 1.807) is 0 Å². The summed E-state index contributed by atoms with van der Waals surface area (Å²) < 4.78 is 165. The van der Waals surface area contributed by atoms with Gasteiger partial charge in [-0.15, -0.1) is 0 Å². The average Bonchev–Trinajstić information content (AvgIpc) is 2.34. The zero-order chi connectivity index (χ0) is 20.0. The minimum Gasteiger partial charge on any atom is -0.200 e. The van der Waals surface area contributed by atoms with Crippen molar-refractivity contribution in [3.8, 4) is 0 Å². The largest absolute Gasteiger partial charge is 0.460 e. The fraction of sp³-hybridized carbons (Fsp3) is 1.00. The van der Waals surface area contributed by atoms with Gasteiger partial charge in [-0.3, -0.25) is 0 Å². The molecule has 0 nitrogen and oxygen atoms in total. The maximum Gasteiger partial charge on any atom is 0.460 e. The number of hydrogen-bond donors (Lipinski definition) is 0. The van der Waals surface area contributed by atoms with E-state index < -0.39 is 57.1 Å². The second-order valence-electron chi connectivity index (χ2n) is 5.43. The van der Waals surface area contributed by atoms with Crippen LogP contribution in [0.4, 0.5) is 57.1 Å². The zero-order valence-electron chi connectivity index (χ0n) is 11.9. The Morgan fingerprint density at radius 1 is 0.542 bits per heavy atom. The Morgan fingerprint density at radius 3 is 1.17 bits per heavy atom. The van der Waals surface area contributed by atoms with E-state index in [2.05, 4.69) is 0 Å². The maximum absolute atomic E-state index is 13.2. The van der Waals surface area contributed by atoms with Crippen molar-refractivity contribution < 1.29 is 57.1 Å². The van der Waals surface area contributed by atoms with E-state index in [0.29, 0.717) is 0 Å². The molecular weight excluding hydrogens is 395 g/mol. The molecule has 0 aromatic heterocycles. The lowest BCUT2D eigenvalue weighted by Crippen LogP contribution is -2.70. The average molecular weight is 406 g/mol. The lowest BCUT2D eigenvalue weighted by atomic mass is 9.93. The minimum atomic E-state index is -7.81. The third kappa shape index (κ3) is 3.47. The van der Waals surface area contributed by atoms with Crippen LogP contribution in [0.25, 0.3) is 0 Å². The van der Waals surface area contributed by atoms with Gasteiger partial charge in [0.05, 0.1) is 0 Å². The lowest BCUT2D eigenvalue weighted by Gasteiger charge is -2.39. The van der Waals surface area contributed by atoms with Gasteiger partial charge in [0.1, 0.15) is 0 Å². The molecule has 0 aliphatic carbocycles. The SMILES string of the molecule is C[SiH](C)CCC(F)(F)C(F)(F)C(F)(F)C(F)(F)C(F)(F)C(F)(F)F. The number of alkyl halides is 13. The van der Waals surface area contributed by atoms with Crippen molar-refractivity contribution in [2.45, 2.75) is 61.3 Å². The molecule has 24 heavy (non-hydrogen) atoms. The van der Waals surface area contributed by atoms with E-state index in [1.807, 2.05) is 0 Å². The zero-order valence-corrected chi connectivity index (χ0v) is 13.1. The van der Waals surface area contributed by atoms with Gasteiger partial charge in [0, 0.05) is 15.2 Å². The molecule has 0 atom stereocenters. The fourth-order valence-electron chi connectivity index (χ4n) is 1.43. The Morgan fingerprint density at radius 2 is 0.875 bits per heavy atom. The fourth-order valence-corrected chi connectivity index (χ4v) is 2.37. The van der Waals surface area contributed by atoms with E-state index in [0.717, 1.165) is 0 Å². The van der Waals surface area contributed by atoms with Gasteiger partial charge in [-0.25, -0.2) is 0 Å². The molecule has 0 aliphatic heterocycles. The van der Waals surface area contributed by atoms with Gasteiger partial charge in [0.15, 0.2) is 0 Å². The third-order valence-electron chi connectivity index (χ3n) is 3.03. The molecule has 0 aliphatic rings. The Balaban J connectivity index is 6.01. The Hall–Kier alpha value is -0.693. The van der Waals surface area contributed by atoms with E-state index in [4.69, 9.17) is 0 Å². The molecule has 0 heterocycles. The summed E-state index contributed by atoms with van der Waals surface area (Å²) in [5.74, 6) is -36.2. The Kier molecular flexibility index (Phi) is 6.05. The normalized spacial score (nSPS) is 16.0. The topological polar surface area (TPSA) is 0 Å². The predicted octanol–water partition coefficient (Wildman–Crippen LogP) is 5.60. The van der Waals surface area contributed by atoms with Crippen molar-refractivity contribution in [2.75, 3.05) is 0 Å². The van der Waals surface area contributed by atoms with Crippen LogP contribution in [-0.4, -0.2) is 44.6 Å². The molecule has 0 aromatic carbocycles. The van der Waals surface area contributed by atoms with Crippen LogP contribution in [0, 0.1) is 0 Å². The molecule has 0 unspecified atom stereocenters. The lowest BCUT2D eigenvalue weighted by molar-refractivity contribution is -0.439. The molecule has 0 saturated carbocycles. The molecule has 0 fully saturated rings. The number of rotatable bonds is 7. The monoisotopic (exact) mass is 406 g/mol. The Labute approximate surface area is 128 Å². The molecule has 0 radical (unpaired) electrons. The van der Waals surface area contributed by atoms with Crippen molar-refractivity contribution in [3.63, 3.8) is 0 Å². The van der Waals surface area contributed by atoms with Crippen LogP contribution in [0.15, 0.2) is 0 Å². The highest BCUT2D eigenvalue weighted by Gasteiger charge is 2.90. The van der Waals surface area contributed by atoms with E-state index in [9.17, 15) is 57.1 Å². The summed E-state index contributed by atoms with van der Waals surface area (Å²) in [5, 5.41) is 0. The molecule has 0 saturated heterocycles. The molecule has 0 aromatic rings. The summed E-state index contributed by atoms with van der Waals surface area (Å²) in [6, 6.07) is -0.764. The van der Waals surface area contributed by atoms with Crippen LogP contribution in [-0.2, 0) is 0 Å². The second kappa shape index (κ2) is 6.23. The van der Waals surface area contributed by atoms with Crippen molar-refractivity contribution in [2.24, 2.45) is 0 Å². The summed E-state index contributed by atoms with van der Waals surface area (Å²) in [6.45, 7) is 2.61. The van der Waals surface area contributed by atoms with E-state index >= 15 is 0 Å². The van der Waals surface area contributed by atoms with Crippen molar-refractivity contribution in [1.82, 2.24) is 0 Å². The first-order valence-electron chi connectivity index (χ1n) is 6.12. The molecule has 14 heteroatoms. The highest BCUT2D eigenvalue weighted by atomic mass is 28.3. The smallest absolute Gasteiger partial charge is 0.200 e. The molecular formula is C10H11F13Si. The first-order chi connectivity index (χ1) is 10.2. The maximum atomic E-state index is 13.2. The van der Waals surface area contributed by atoms with Crippen molar-refractivity contribution in [1.29, 1.82) is 0 Å². The van der Waals surface area contributed by atoms with E-state index in [1.165, 1.54) is 13.1 Å². The Bertz CT molecular complexity index is 437. The summed E-state index contributed by atoms with van der Waals surface area (Å²) in [4.78, 5) is 0. The predicted molar refractivity (Wildman–Crippen MR) is 59.1 cm³/mol. The quantitative estimate of drug-likeness (QED) is 0.381. The van der Waals surface area contributed by atoms with Gasteiger partial charge in [-0.2, -0.15) is 57.1 Å². The second-order valence-corrected chi connectivity index (χ2v) is 8.80. The van der Waals surface area contributed by atoms with Gasteiger partial charge in [0.2, 0.25) is 0 Å². The highest BCUT2D eigenvalue weighted by molar-refractivity contribution is 6.55. The van der Waals surface area contributed by atoms with Gasteiger partial charge in [-0.1, -0.05) is 19.1 Å². The van der Waals surface area contributed by atoms with Gasteiger partial charge in [0.25, 0.3) is 0 Å².